The zero-order valence-corrected chi connectivity index (χ0v) is 7.76. The van der Waals surface area contributed by atoms with E-state index in [-0.39, 0.29) is 6.04 Å². The minimum Gasteiger partial charge on any atom is -0.382 e. The van der Waals surface area contributed by atoms with Crippen molar-refractivity contribution in [3.63, 3.8) is 0 Å². The Kier molecular flexibility index (Phi) is 2.70. The third-order valence-corrected chi connectivity index (χ3v) is 1.61. The first-order valence-electron chi connectivity index (χ1n) is 3.63. The normalized spacial score (nSPS) is 10.3. The van der Waals surface area contributed by atoms with Gasteiger partial charge in [0.1, 0.15) is 17.2 Å². The van der Waals surface area contributed by atoms with Gasteiger partial charge in [0, 0.05) is 6.04 Å². The van der Waals surface area contributed by atoms with Crippen molar-refractivity contribution < 1.29 is 0 Å². The molecular weight excluding hydrogens is 176 g/mol. The fourth-order valence-electron chi connectivity index (χ4n) is 0.758. The molecule has 1 heterocycles. The van der Waals surface area contributed by atoms with Crippen molar-refractivity contribution in [1.82, 2.24) is 9.97 Å². The topological polar surface area (TPSA) is 63.8 Å². The predicted octanol–water partition coefficient (Wildman–Crippen LogP) is 1.53. The van der Waals surface area contributed by atoms with Gasteiger partial charge in [-0.1, -0.05) is 11.6 Å². The van der Waals surface area contributed by atoms with Crippen LogP contribution in [0.1, 0.15) is 13.8 Å². The van der Waals surface area contributed by atoms with Gasteiger partial charge < -0.3 is 11.1 Å². The molecule has 0 bridgehead atoms. The molecule has 0 amide bonds. The molecule has 1 aromatic heterocycles. The first-order valence-corrected chi connectivity index (χ1v) is 4.01. The average Bonchev–Trinajstić information content (AvgIpc) is 1.98. The van der Waals surface area contributed by atoms with Gasteiger partial charge in [0.05, 0.1) is 0 Å². The molecule has 66 valence electrons. The van der Waals surface area contributed by atoms with Gasteiger partial charge in [0.25, 0.3) is 0 Å². The molecule has 0 aliphatic rings. The van der Waals surface area contributed by atoms with Crippen LogP contribution in [0.3, 0.4) is 0 Å². The lowest BCUT2D eigenvalue weighted by Crippen LogP contribution is -2.12. The Bertz CT molecular complexity index is 274. The molecule has 4 nitrogen and oxygen atoms in total. The van der Waals surface area contributed by atoms with Crippen molar-refractivity contribution in [1.29, 1.82) is 0 Å². The van der Waals surface area contributed by atoms with E-state index in [1.165, 1.54) is 6.33 Å². The summed E-state index contributed by atoms with van der Waals surface area (Å²) >= 11 is 5.82. The van der Waals surface area contributed by atoms with Gasteiger partial charge in [-0.05, 0) is 13.8 Å². The van der Waals surface area contributed by atoms with E-state index in [4.69, 9.17) is 17.3 Å². The van der Waals surface area contributed by atoms with Gasteiger partial charge in [0.15, 0.2) is 5.82 Å². The molecule has 0 saturated heterocycles. The molecule has 5 heteroatoms. The van der Waals surface area contributed by atoms with Crippen LogP contribution in [0.25, 0.3) is 0 Å². The number of nitrogens with one attached hydrogen (secondary N) is 1. The van der Waals surface area contributed by atoms with Gasteiger partial charge in [-0.3, -0.25) is 0 Å². The smallest absolute Gasteiger partial charge is 0.150 e. The Morgan fingerprint density at radius 2 is 2.17 bits per heavy atom. The van der Waals surface area contributed by atoms with Crippen LogP contribution in [-0.2, 0) is 0 Å². The van der Waals surface area contributed by atoms with Crippen LogP contribution < -0.4 is 11.1 Å². The molecule has 12 heavy (non-hydrogen) atoms. The summed E-state index contributed by atoms with van der Waals surface area (Å²) in [5, 5.41) is 3.43. The van der Waals surface area contributed by atoms with Crippen LogP contribution in [0.5, 0.6) is 0 Å². The van der Waals surface area contributed by atoms with Crippen molar-refractivity contribution in [3.8, 4) is 0 Å². The monoisotopic (exact) mass is 186 g/mol. The quantitative estimate of drug-likeness (QED) is 0.736. The highest BCUT2D eigenvalue weighted by molar-refractivity contribution is 6.35. The van der Waals surface area contributed by atoms with E-state index in [0.29, 0.717) is 16.7 Å². The number of halogens is 1. The molecule has 0 radical (unpaired) electrons. The summed E-state index contributed by atoms with van der Waals surface area (Å²) < 4.78 is 0. The van der Waals surface area contributed by atoms with Gasteiger partial charge in [0.2, 0.25) is 0 Å². The number of nitrogens with zero attached hydrogens (tertiary/aromatic N) is 2. The molecule has 3 N–H and O–H groups in total. The van der Waals surface area contributed by atoms with E-state index < -0.39 is 0 Å². The Morgan fingerprint density at radius 3 is 2.75 bits per heavy atom. The van der Waals surface area contributed by atoms with Crippen molar-refractivity contribution in [2.75, 3.05) is 11.1 Å². The largest absolute Gasteiger partial charge is 0.382 e. The number of anilines is 2. The summed E-state index contributed by atoms with van der Waals surface area (Å²) in [7, 11) is 0. The van der Waals surface area contributed by atoms with Crippen molar-refractivity contribution in [2.24, 2.45) is 0 Å². The van der Waals surface area contributed by atoms with Crippen molar-refractivity contribution in [3.05, 3.63) is 11.3 Å². The van der Waals surface area contributed by atoms with E-state index in [9.17, 15) is 0 Å². The third kappa shape index (κ3) is 1.98. The molecule has 0 aliphatic carbocycles. The number of nitrogen functional groups attached to an aromatic ring is 1. The third-order valence-electron chi connectivity index (χ3n) is 1.24. The minimum atomic E-state index is 0.275. The molecule has 0 aromatic carbocycles. The molecule has 0 unspecified atom stereocenters. The van der Waals surface area contributed by atoms with E-state index in [1.54, 1.807) is 0 Å². The minimum absolute atomic E-state index is 0.275. The fraction of sp³-hybridized carbons (Fsp3) is 0.429. The van der Waals surface area contributed by atoms with Crippen LogP contribution in [0.15, 0.2) is 6.33 Å². The highest BCUT2D eigenvalue weighted by Crippen LogP contribution is 2.23. The predicted molar refractivity (Wildman–Crippen MR) is 50.2 cm³/mol. The number of aromatic nitrogens is 2. The molecule has 0 fully saturated rings. The van der Waals surface area contributed by atoms with E-state index in [0.717, 1.165) is 0 Å². The Hall–Kier alpha value is -1.03. The second kappa shape index (κ2) is 3.58. The Labute approximate surface area is 76.2 Å². The molecular formula is C7H11ClN4. The van der Waals surface area contributed by atoms with Gasteiger partial charge in [-0.25, -0.2) is 9.97 Å². The zero-order valence-electron chi connectivity index (χ0n) is 7.00. The number of hydrogen-bond donors (Lipinski definition) is 2. The summed E-state index contributed by atoms with van der Waals surface area (Å²) in [6, 6.07) is 0.275. The zero-order chi connectivity index (χ0) is 9.14. The van der Waals surface area contributed by atoms with Crippen LogP contribution in [0, 0.1) is 0 Å². The summed E-state index contributed by atoms with van der Waals surface area (Å²) in [6.45, 7) is 3.99. The highest BCUT2D eigenvalue weighted by Gasteiger charge is 2.06. The maximum Gasteiger partial charge on any atom is 0.150 e. The summed E-state index contributed by atoms with van der Waals surface area (Å²) in [5.41, 5.74) is 5.47. The van der Waals surface area contributed by atoms with Gasteiger partial charge in [-0.2, -0.15) is 0 Å². The summed E-state index contributed by atoms with van der Waals surface area (Å²) in [6.07, 6.45) is 1.38. The van der Waals surface area contributed by atoms with Crippen LogP contribution >= 0.6 is 11.6 Å². The SMILES string of the molecule is CC(C)Nc1ncnc(N)c1Cl. The molecule has 1 rings (SSSR count). The van der Waals surface area contributed by atoms with Gasteiger partial charge >= 0.3 is 0 Å². The van der Waals surface area contributed by atoms with Crippen molar-refractivity contribution >= 4 is 23.2 Å². The summed E-state index contributed by atoms with van der Waals surface area (Å²) in [4.78, 5) is 7.69. The second-order valence-corrected chi connectivity index (χ2v) is 3.10. The molecule has 0 aliphatic heterocycles. The number of nitrogens with two attached hydrogens (primary N) is 1. The van der Waals surface area contributed by atoms with E-state index in [2.05, 4.69) is 15.3 Å². The molecule has 1 aromatic rings. The van der Waals surface area contributed by atoms with Crippen LogP contribution in [-0.4, -0.2) is 16.0 Å². The lowest BCUT2D eigenvalue weighted by atomic mass is 10.4. The van der Waals surface area contributed by atoms with E-state index in [1.807, 2.05) is 13.8 Å². The Balaban J connectivity index is 2.92. The lowest BCUT2D eigenvalue weighted by molar-refractivity contribution is 0.887. The molecule has 0 saturated carbocycles. The number of hydrogen-bond acceptors (Lipinski definition) is 4. The fourth-order valence-corrected chi connectivity index (χ4v) is 0.910. The van der Waals surface area contributed by atoms with Crippen molar-refractivity contribution in [2.45, 2.75) is 19.9 Å². The lowest BCUT2D eigenvalue weighted by Gasteiger charge is -2.10. The van der Waals surface area contributed by atoms with Gasteiger partial charge in [-0.15, -0.1) is 0 Å². The maximum absolute atomic E-state index is 5.82. The Morgan fingerprint density at radius 1 is 1.50 bits per heavy atom. The first kappa shape index (κ1) is 9.06. The second-order valence-electron chi connectivity index (χ2n) is 2.72. The average molecular weight is 187 g/mol. The number of rotatable bonds is 2. The standard InChI is InChI=1S/C7H11ClN4/c1-4(2)12-7-5(8)6(9)10-3-11-7/h3-4H,1-2H3,(H3,9,10,11,12). The van der Waals surface area contributed by atoms with Crippen LogP contribution in [0.4, 0.5) is 11.6 Å². The molecule has 0 spiro atoms. The highest BCUT2D eigenvalue weighted by atomic mass is 35.5. The maximum atomic E-state index is 5.82. The molecule has 0 atom stereocenters. The van der Waals surface area contributed by atoms with Crippen LogP contribution in [0.2, 0.25) is 5.02 Å². The first-order chi connectivity index (χ1) is 5.61. The summed E-state index contributed by atoms with van der Waals surface area (Å²) in [5.74, 6) is 0.883. The van der Waals surface area contributed by atoms with E-state index >= 15 is 0 Å².